The zero-order valence-electron chi connectivity index (χ0n) is 16.7. The van der Waals surface area contributed by atoms with Gasteiger partial charge in [0.2, 0.25) is 5.95 Å². The van der Waals surface area contributed by atoms with E-state index in [0.717, 1.165) is 49.7 Å². The highest BCUT2D eigenvalue weighted by Gasteiger charge is 2.25. The van der Waals surface area contributed by atoms with Crippen molar-refractivity contribution >= 4 is 23.5 Å². The molecular weight excluding hydrogens is 352 g/mol. The van der Waals surface area contributed by atoms with E-state index in [1.54, 1.807) is 6.07 Å². The van der Waals surface area contributed by atoms with Gasteiger partial charge in [0.1, 0.15) is 11.6 Å². The van der Waals surface area contributed by atoms with Gasteiger partial charge >= 0.3 is 0 Å². The molecule has 148 valence electrons. The van der Waals surface area contributed by atoms with E-state index >= 15 is 0 Å². The summed E-state index contributed by atoms with van der Waals surface area (Å²) in [6.45, 7) is 6.64. The molecule has 2 N–H and O–H groups in total. The molecule has 4 heterocycles. The number of anilines is 3. The van der Waals surface area contributed by atoms with Crippen LogP contribution in [-0.2, 0) is 0 Å². The fourth-order valence-corrected chi connectivity index (χ4v) is 4.11. The van der Waals surface area contributed by atoms with Crippen LogP contribution in [-0.4, -0.2) is 40.5 Å². The predicted molar refractivity (Wildman–Crippen MR) is 111 cm³/mol. The Bertz CT molecular complexity index is 868. The SMILES string of the molecule is Cc1cc2nc(n1)NCCCCC1CCCN(C1)c1nc(C)ccc1C(=O)N2. The molecule has 1 unspecified atom stereocenters. The number of amides is 1. The first-order valence-corrected chi connectivity index (χ1v) is 10.2. The monoisotopic (exact) mass is 380 g/mol. The van der Waals surface area contributed by atoms with Crippen LogP contribution in [0.2, 0.25) is 0 Å². The quantitative estimate of drug-likeness (QED) is 0.727. The first kappa shape index (κ1) is 18.7. The molecule has 2 aliphatic rings. The Morgan fingerprint density at radius 1 is 1.04 bits per heavy atom. The van der Waals surface area contributed by atoms with Crippen LogP contribution in [0.15, 0.2) is 18.2 Å². The molecule has 4 rings (SSSR count). The Morgan fingerprint density at radius 3 is 2.79 bits per heavy atom. The fourth-order valence-electron chi connectivity index (χ4n) is 4.11. The van der Waals surface area contributed by atoms with Crippen molar-refractivity contribution in [3.05, 3.63) is 35.2 Å². The molecule has 1 fully saturated rings. The lowest BCUT2D eigenvalue weighted by Crippen LogP contribution is -2.37. The summed E-state index contributed by atoms with van der Waals surface area (Å²) < 4.78 is 0. The number of carbonyl (C=O) groups is 1. The molecule has 2 aromatic heterocycles. The standard InChI is InChI=1S/C21H28N6O/c1-14-8-9-17-19(23-14)27-11-5-7-16(13-27)6-3-4-10-22-21-24-15(2)12-18(26-21)25-20(17)28/h8-9,12,16H,3-7,10-11,13H2,1-2H3,(H2,22,24,25,26,28). The molecule has 4 bridgehead atoms. The van der Waals surface area contributed by atoms with Crippen LogP contribution in [0, 0.1) is 19.8 Å². The van der Waals surface area contributed by atoms with Crippen LogP contribution >= 0.6 is 0 Å². The molecule has 1 amide bonds. The summed E-state index contributed by atoms with van der Waals surface area (Å²) in [7, 11) is 0. The number of hydrogen-bond acceptors (Lipinski definition) is 6. The van der Waals surface area contributed by atoms with E-state index in [4.69, 9.17) is 4.98 Å². The number of fused-ring (bicyclic) bond motifs is 6. The molecule has 2 aromatic rings. The van der Waals surface area contributed by atoms with Crippen molar-refractivity contribution in [2.75, 3.05) is 35.2 Å². The summed E-state index contributed by atoms with van der Waals surface area (Å²) in [5.41, 5.74) is 2.35. The Labute approximate surface area is 166 Å². The number of pyridine rings is 1. The fraction of sp³-hybridized carbons (Fsp3) is 0.524. The topological polar surface area (TPSA) is 83.0 Å². The van der Waals surface area contributed by atoms with Gasteiger partial charge < -0.3 is 15.5 Å². The number of rotatable bonds is 0. The van der Waals surface area contributed by atoms with Gasteiger partial charge in [-0.1, -0.05) is 6.42 Å². The molecule has 28 heavy (non-hydrogen) atoms. The maximum atomic E-state index is 13.1. The number of carbonyl (C=O) groups excluding carboxylic acids is 1. The number of nitrogens with one attached hydrogen (secondary N) is 2. The van der Waals surface area contributed by atoms with Crippen molar-refractivity contribution in [2.24, 2.45) is 5.92 Å². The van der Waals surface area contributed by atoms with Crippen molar-refractivity contribution in [1.82, 2.24) is 15.0 Å². The second-order valence-corrected chi connectivity index (χ2v) is 7.87. The van der Waals surface area contributed by atoms with Gasteiger partial charge in [-0.3, -0.25) is 4.79 Å². The lowest BCUT2D eigenvalue weighted by Gasteiger charge is -2.34. The van der Waals surface area contributed by atoms with Crippen LogP contribution in [0.1, 0.15) is 53.8 Å². The Hall–Kier alpha value is -2.70. The van der Waals surface area contributed by atoms with E-state index < -0.39 is 0 Å². The number of hydrogen-bond donors (Lipinski definition) is 2. The second kappa shape index (κ2) is 8.12. The third-order valence-corrected chi connectivity index (χ3v) is 5.50. The summed E-state index contributed by atoms with van der Waals surface area (Å²) in [6, 6.07) is 5.56. The summed E-state index contributed by atoms with van der Waals surface area (Å²) in [5, 5.41) is 6.24. The average Bonchev–Trinajstić information content (AvgIpc) is 2.67. The zero-order valence-corrected chi connectivity index (χ0v) is 16.7. The number of piperidine rings is 1. The lowest BCUT2D eigenvalue weighted by atomic mass is 9.92. The second-order valence-electron chi connectivity index (χ2n) is 7.87. The van der Waals surface area contributed by atoms with E-state index in [1.807, 2.05) is 26.0 Å². The van der Waals surface area contributed by atoms with Crippen molar-refractivity contribution in [3.63, 3.8) is 0 Å². The lowest BCUT2D eigenvalue weighted by molar-refractivity contribution is 0.102. The van der Waals surface area contributed by atoms with Crippen LogP contribution in [0.3, 0.4) is 0 Å². The van der Waals surface area contributed by atoms with Gasteiger partial charge in [0, 0.05) is 37.1 Å². The highest BCUT2D eigenvalue weighted by Crippen LogP contribution is 2.28. The maximum Gasteiger partial charge on any atom is 0.260 e. The molecule has 0 aromatic carbocycles. The first-order valence-electron chi connectivity index (χ1n) is 10.2. The molecule has 7 heteroatoms. The van der Waals surface area contributed by atoms with Crippen LogP contribution < -0.4 is 15.5 Å². The maximum absolute atomic E-state index is 13.1. The minimum absolute atomic E-state index is 0.177. The Kier molecular flexibility index (Phi) is 5.41. The zero-order chi connectivity index (χ0) is 19.5. The molecule has 2 aliphatic heterocycles. The third kappa shape index (κ3) is 4.24. The predicted octanol–water partition coefficient (Wildman–Crippen LogP) is 3.55. The Balaban J connectivity index is 1.71. The normalized spacial score (nSPS) is 20.3. The molecule has 1 atom stereocenters. The number of aromatic nitrogens is 3. The third-order valence-electron chi connectivity index (χ3n) is 5.50. The van der Waals surface area contributed by atoms with Gasteiger partial charge in [-0.25, -0.2) is 9.97 Å². The molecule has 0 saturated carbocycles. The summed E-state index contributed by atoms with van der Waals surface area (Å²) >= 11 is 0. The van der Waals surface area contributed by atoms with Crippen LogP contribution in [0.5, 0.6) is 0 Å². The van der Waals surface area contributed by atoms with Gasteiger partial charge in [0.25, 0.3) is 5.91 Å². The Morgan fingerprint density at radius 2 is 1.89 bits per heavy atom. The van der Waals surface area contributed by atoms with Gasteiger partial charge in [-0.2, -0.15) is 4.98 Å². The summed E-state index contributed by atoms with van der Waals surface area (Å²) in [4.78, 5) is 29.0. The first-order chi connectivity index (χ1) is 13.6. The summed E-state index contributed by atoms with van der Waals surface area (Å²) in [6.07, 6.45) is 5.86. The van der Waals surface area contributed by atoms with Gasteiger partial charge in [-0.05, 0) is 57.6 Å². The number of aryl methyl sites for hydroxylation is 2. The van der Waals surface area contributed by atoms with E-state index in [2.05, 4.69) is 25.5 Å². The van der Waals surface area contributed by atoms with Crippen LogP contribution in [0.25, 0.3) is 0 Å². The minimum Gasteiger partial charge on any atom is -0.356 e. The van der Waals surface area contributed by atoms with Crippen molar-refractivity contribution in [2.45, 2.75) is 46.0 Å². The molecule has 0 spiro atoms. The van der Waals surface area contributed by atoms with Crippen LogP contribution in [0.4, 0.5) is 17.6 Å². The molecule has 7 nitrogen and oxygen atoms in total. The molecule has 0 aliphatic carbocycles. The van der Waals surface area contributed by atoms with E-state index in [0.29, 0.717) is 23.2 Å². The highest BCUT2D eigenvalue weighted by molar-refractivity contribution is 6.07. The number of nitrogens with zero attached hydrogens (tertiary/aromatic N) is 4. The molecule has 1 saturated heterocycles. The van der Waals surface area contributed by atoms with E-state index in [9.17, 15) is 4.79 Å². The smallest absolute Gasteiger partial charge is 0.260 e. The van der Waals surface area contributed by atoms with Crippen molar-refractivity contribution in [1.29, 1.82) is 0 Å². The minimum atomic E-state index is -0.177. The van der Waals surface area contributed by atoms with E-state index in [-0.39, 0.29) is 5.91 Å². The van der Waals surface area contributed by atoms with Gasteiger partial charge in [0.15, 0.2) is 0 Å². The van der Waals surface area contributed by atoms with Crippen molar-refractivity contribution < 1.29 is 4.79 Å². The highest BCUT2D eigenvalue weighted by atomic mass is 16.1. The molecular formula is C21H28N6O. The van der Waals surface area contributed by atoms with Gasteiger partial charge in [0.05, 0.1) is 5.56 Å². The average molecular weight is 380 g/mol. The summed E-state index contributed by atoms with van der Waals surface area (Å²) in [5.74, 6) is 2.34. The van der Waals surface area contributed by atoms with Crippen molar-refractivity contribution in [3.8, 4) is 0 Å². The van der Waals surface area contributed by atoms with E-state index in [1.165, 1.54) is 19.3 Å². The molecule has 0 radical (unpaired) electrons. The largest absolute Gasteiger partial charge is 0.356 e. The van der Waals surface area contributed by atoms with Gasteiger partial charge in [-0.15, -0.1) is 0 Å².